The molecule has 4 nitrogen and oxygen atoms in total. The summed E-state index contributed by atoms with van der Waals surface area (Å²) in [6.07, 6.45) is 3.44. The molecule has 1 atom stereocenters. The molecule has 0 spiro atoms. The van der Waals surface area contributed by atoms with Crippen molar-refractivity contribution in [2.75, 3.05) is 19.7 Å². The average Bonchev–Trinajstić information content (AvgIpc) is 2.58. The van der Waals surface area contributed by atoms with Gasteiger partial charge in [0.1, 0.15) is 11.8 Å². The van der Waals surface area contributed by atoms with Gasteiger partial charge in [-0.3, -0.25) is 4.90 Å². The van der Waals surface area contributed by atoms with Crippen LogP contribution in [-0.2, 0) is 9.53 Å². The molecule has 1 N–H and O–H groups in total. The highest BCUT2D eigenvalue weighted by Crippen LogP contribution is 2.36. The van der Waals surface area contributed by atoms with Crippen LogP contribution in [0.5, 0.6) is 5.75 Å². The van der Waals surface area contributed by atoms with Crippen LogP contribution in [0.4, 0.5) is 0 Å². The molecule has 0 saturated heterocycles. The summed E-state index contributed by atoms with van der Waals surface area (Å²) in [5, 5.41) is 12.3. The molecule has 0 aromatic heterocycles. The largest absolute Gasteiger partial charge is 0.508 e. The summed E-state index contributed by atoms with van der Waals surface area (Å²) in [6.45, 7) is 10.5. The Hall–Kier alpha value is -2.59. The summed E-state index contributed by atoms with van der Waals surface area (Å²) in [4.78, 5) is 14.6. The number of carbonyl (C=O) groups excluding carboxylic acids is 1. The Morgan fingerprint density at radius 3 is 2.50 bits per heavy atom. The average molecular weight is 325 g/mol. The van der Waals surface area contributed by atoms with Crippen LogP contribution >= 0.6 is 0 Å². The number of ether oxygens (including phenoxy) is 1. The van der Waals surface area contributed by atoms with Crippen molar-refractivity contribution < 1.29 is 14.6 Å². The molecule has 2 aromatic rings. The second-order valence-electron chi connectivity index (χ2n) is 5.41. The van der Waals surface area contributed by atoms with Crippen molar-refractivity contribution in [3.63, 3.8) is 0 Å². The molecule has 0 aliphatic heterocycles. The van der Waals surface area contributed by atoms with Crippen LogP contribution in [-0.4, -0.2) is 35.7 Å². The number of aromatic hydroxyl groups is 1. The predicted molar refractivity (Wildman–Crippen MR) is 97.0 cm³/mol. The van der Waals surface area contributed by atoms with E-state index >= 15 is 0 Å². The fourth-order valence-corrected chi connectivity index (χ4v) is 2.86. The maximum absolute atomic E-state index is 12.7. The number of fused-ring (bicyclic) bond motifs is 1. The number of phenolic OH excluding ortho intramolecular Hbond substituents is 1. The molecule has 126 valence electrons. The normalized spacial score (nSPS) is 12.1. The van der Waals surface area contributed by atoms with Crippen molar-refractivity contribution in [1.29, 1.82) is 0 Å². The van der Waals surface area contributed by atoms with E-state index in [1.165, 1.54) is 0 Å². The molecule has 0 heterocycles. The highest BCUT2D eigenvalue weighted by molar-refractivity contribution is 5.93. The number of hydrogen-bond acceptors (Lipinski definition) is 4. The van der Waals surface area contributed by atoms with Gasteiger partial charge in [-0.2, -0.15) is 0 Å². The van der Waals surface area contributed by atoms with E-state index in [-0.39, 0.29) is 12.4 Å². The number of phenols is 1. The summed E-state index contributed by atoms with van der Waals surface area (Å²) in [5.41, 5.74) is 0.551. The number of nitrogens with zero attached hydrogens (tertiary/aromatic N) is 1. The van der Waals surface area contributed by atoms with E-state index in [1.54, 1.807) is 25.1 Å². The third-order valence-electron chi connectivity index (χ3n) is 3.82. The number of benzene rings is 2. The third kappa shape index (κ3) is 3.66. The van der Waals surface area contributed by atoms with E-state index in [0.717, 1.165) is 10.8 Å². The molecule has 0 aliphatic carbocycles. The van der Waals surface area contributed by atoms with Gasteiger partial charge < -0.3 is 9.84 Å². The van der Waals surface area contributed by atoms with E-state index in [0.29, 0.717) is 18.7 Å². The molecule has 0 aliphatic rings. The molecule has 1 unspecified atom stereocenters. The second kappa shape index (κ2) is 8.31. The van der Waals surface area contributed by atoms with Crippen molar-refractivity contribution in [3.8, 4) is 5.75 Å². The van der Waals surface area contributed by atoms with Crippen LogP contribution in [0.3, 0.4) is 0 Å². The lowest BCUT2D eigenvalue weighted by Crippen LogP contribution is -2.36. The smallest absolute Gasteiger partial charge is 0.328 e. The standard InChI is InChI=1S/C20H23NO3/c1-4-13-21(14-5-2)19(20(23)24-6-3)18-16-10-8-7-9-15(16)11-12-17(18)22/h4-5,7-12,19,22H,1-2,6,13-14H2,3H3. The van der Waals surface area contributed by atoms with Crippen LogP contribution in [0.1, 0.15) is 18.5 Å². The van der Waals surface area contributed by atoms with Gasteiger partial charge in [0, 0.05) is 18.7 Å². The number of hydrogen-bond donors (Lipinski definition) is 1. The minimum Gasteiger partial charge on any atom is -0.508 e. The molecule has 4 heteroatoms. The third-order valence-corrected chi connectivity index (χ3v) is 3.82. The van der Waals surface area contributed by atoms with Gasteiger partial charge >= 0.3 is 5.97 Å². The summed E-state index contributed by atoms with van der Waals surface area (Å²) >= 11 is 0. The van der Waals surface area contributed by atoms with E-state index < -0.39 is 12.0 Å². The molecule has 24 heavy (non-hydrogen) atoms. The zero-order valence-electron chi connectivity index (χ0n) is 13.9. The Kier molecular flexibility index (Phi) is 6.15. The Labute approximate surface area is 142 Å². The summed E-state index contributed by atoms with van der Waals surface area (Å²) in [7, 11) is 0. The summed E-state index contributed by atoms with van der Waals surface area (Å²) in [5.74, 6) is -0.322. The zero-order valence-corrected chi connectivity index (χ0v) is 13.9. The molecule has 0 radical (unpaired) electrons. The minimum absolute atomic E-state index is 0.0740. The first-order valence-electron chi connectivity index (χ1n) is 7.97. The highest BCUT2D eigenvalue weighted by Gasteiger charge is 2.31. The first-order valence-corrected chi connectivity index (χ1v) is 7.97. The number of carbonyl (C=O) groups is 1. The zero-order chi connectivity index (χ0) is 17.5. The van der Waals surface area contributed by atoms with Gasteiger partial charge in [-0.15, -0.1) is 13.2 Å². The van der Waals surface area contributed by atoms with E-state index in [2.05, 4.69) is 13.2 Å². The van der Waals surface area contributed by atoms with Crippen LogP contribution < -0.4 is 0 Å². The first-order chi connectivity index (χ1) is 11.6. The van der Waals surface area contributed by atoms with Gasteiger partial charge in [0.05, 0.1) is 6.61 Å². The van der Waals surface area contributed by atoms with Crippen molar-refractivity contribution in [2.24, 2.45) is 0 Å². The second-order valence-corrected chi connectivity index (χ2v) is 5.41. The van der Waals surface area contributed by atoms with Gasteiger partial charge in [0.15, 0.2) is 0 Å². The summed E-state index contributed by atoms with van der Waals surface area (Å²) < 4.78 is 5.28. The molecule has 2 rings (SSSR count). The SMILES string of the molecule is C=CCN(CC=C)C(C(=O)OCC)c1c(O)ccc2ccccc12. The topological polar surface area (TPSA) is 49.8 Å². The lowest BCUT2D eigenvalue weighted by molar-refractivity contribution is -0.149. The minimum atomic E-state index is -0.730. The maximum Gasteiger partial charge on any atom is 0.328 e. The van der Waals surface area contributed by atoms with E-state index in [9.17, 15) is 9.90 Å². The van der Waals surface area contributed by atoms with Crippen LogP contribution in [0.2, 0.25) is 0 Å². The van der Waals surface area contributed by atoms with Gasteiger partial charge in [0.25, 0.3) is 0 Å². The molecule has 0 saturated carbocycles. The van der Waals surface area contributed by atoms with Gasteiger partial charge in [-0.25, -0.2) is 4.79 Å². The highest BCUT2D eigenvalue weighted by atomic mass is 16.5. The summed E-state index contributed by atoms with van der Waals surface area (Å²) in [6, 6.07) is 10.4. The van der Waals surface area contributed by atoms with Gasteiger partial charge in [-0.1, -0.05) is 42.5 Å². The Morgan fingerprint density at radius 2 is 1.88 bits per heavy atom. The van der Waals surface area contributed by atoms with Crippen LogP contribution in [0.25, 0.3) is 10.8 Å². The van der Waals surface area contributed by atoms with Gasteiger partial charge in [0.2, 0.25) is 0 Å². The van der Waals surface area contributed by atoms with Crippen molar-refractivity contribution in [2.45, 2.75) is 13.0 Å². The lowest BCUT2D eigenvalue weighted by Gasteiger charge is -2.29. The Morgan fingerprint density at radius 1 is 1.21 bits per heavy atom. The molecular formula is C20H23NO3. The monoisotopic (exact) mass is 325 g/mol. The molecular weight excluding hydrogens is 302 g/mol. The van der Waals surface area contributed by atoms with Crippen molar-refractivity contribution >= 4 is 16.7 Å². The number of esters is 1. The number of rotatable bonds is 8. The van der Waals surface area contributed by atoms with Crippen molar-refractivity contribution in [1.82, 2.24) is 4.90 Å². The first kappa shape index (κ1) is 17.8. The van der Waals surface area contributed by atoms with Crippen LogP contribution in [0, 0.1) is 0 Å². The van der Waals surface area contributed by atoms with Crippen LogP contribution in [0.15, 0.2) is 61.7 Å². The molecule has 0 bridgehead atoms. The quantitative estimate of drug-likeness (QED) is 0.592. The molecule has 2 aromatic carbocycles. The lowest BCUT2D eigenvalue weighted by atomic mass is 9.96. The molecule has 0 amide bonds. The molecule has 0 fully saturated rings. The Bertz CT molecular complexity index is 729. The van der Waals surface area contributed by atoms with Crippen molar-refractivity contribution in [3.05, 3.63) is 67.3 Å². The Balaban J connectivity index is 2.66. The van der Waals surface area contributed by atoms with E-state index in [4.69, 9.17) is 4.74 Å². The predicted octanol–water partition coefficient (Wildman–Crippen LogP) is 3.82. The van der Waals surface area contributed by atoms with E-state index in [1.807, 2.05) is 35.2 Å². The maximum atomic E-state index is 12.7. The van der Waals surface area contributed by atoms with Gasteiger partial charge in [-0.05, 0) is 23.8 Å². The fourth-order valence-electron chi connectivity index (χ4n) is 2.86. The fraction of sp³-hybridized carbons (Fsp3) is 0.250.